The van der Waals surface area contributed by atoms with E-state index in [0.717, 1.165) is 5.56 Å². The standard InChI is InChI=1S/C12H15N3O2S/c1-2-10(16)13-12(18)15-14-11(17)8-9-6-4-3-5-7-9/h3-7H,2,8H2,1H3,(H,14,17)(H2,13,15,16,18). The van der Waals surface area contributed by atoms with Gasteiger partial charge in [-0.3, -0.25) is 20.4 Å². The Morgan fingerprint density at radius 1 is 1.11 bits per heavy atom. The van der Waals surface area contributed by atoms with Crippen LogP contribution in [-0.2, 0) is 16.0 Å². The molecule has 0 fully saturated rings. The maximum absolute atomic E-state index is 11.5. The highest BCUT2D eigenvalue weighted by molar-refractivity contribution is 7.80. The zero-order chi connectivity index (χ0) is 13.4. The number of carbonyl (C=O) groups is 2. The van der Waals surface area contributed by atoms with Crippen LogP contribution < -0.4 is 16.2 Å². The van der Waals surface area contributed by atoms with E-state index in [9.17, 15) is 9.59 Å². The minimum absolute atomic E-state index is 0.0864. The Morgan fingerprint density at radius 2 is 1.78 bits per heavy atom. The van der Waals surface area contributed by atoms with E-state index in [2.05, 4.69) is 16.2 Å². The van der Waals surface area contributed by atoms with E-state index in [1.807, 2.05) is 30.3 Å². The van der Waals surface area contributed by atoms with E-state index in [1.54, 1.807) is 6.92 Å². The van der Waals surface area contributed by atoms with Gasteiger partial charge in [-0.1, -0.05) is 37.3 Å². The summed E-state index contributed by atoms with van der Waals surface area (Å²) in [5.41, 5.74) is 5.79. The summed E-state index contributed by atoms with van der Waals surface area (Å²) in [6.07, 6.45) is 0.581. The molecule has 5 nitrogen and oxygen atoms in total. The van der Waals surface area contributed by atoms with Gasteiger partial charge in [0.05, 0.1) is 6.42 Å². The molecule has 1 aromatic rings. The van der Waals surface area contributed by atoms with Crippen molar-refractivity contribution in [2.24, 2.45) is 0 Å². The van der Waals surface area contributed by atoms with Gasteiger partial charge in [0, 0.05) is 6.42 Å². The van der Waals surface area contributed by atoms with E-state index < -0.39 is 0 Å². The van der Waals surface area contributed by atoms with Crippen molar-refractivity contribution in [1.29, 1.82) is 0 Å². The fourth-order valence-electron chi connectivity index (χ4n) is 1.20. The van der Waals surface area contributed by atoms with Gasteiger partial charge in [-0.2, -0.15) is 0 Å². The Morgan fingerprint density at radius 3 is 2.39 bits per heavy atom. The second-order valence-corrected chi connectivity index (χ2v) is 3.97. The lowest BCUT2D eigenvalue weighted by Gasteiger charge is -2.10. The molecule has 0 unspecified atom stereocenters. The van der Waals surface area contributed by atoms with Crippen LogP contribution in [0.4, 0.5) is 0 Å². The molecule has 0 atom stereocenters. The fourth-order valence-corrected chi connectivity index (χ4v) is 1.36. The van der Waals surface area contributed by atoms with E-state index in [-0.39, 0.29) is 23.3 Å². The summed E-state index contributed by atoms with van der Waals surface area (Å²) < 4.78 is 0. The molecular formula is C12H15N3O2S. The van der Waals surface area contributed by atoms with Gasteiger partial charge in [-0.25, -0.2) is 0 Å². The molecule has 0 bridgehead atoms. The summed E-state index contributed by atoms with van der Waals surface area (Å²) in [6, 6.07) is 9.33. The zero-order valence-electron chi connectivity index (χ0n) is 10.0. The Balaban J connectivity index is 2.29. The van der Waals surface area contributed by atoms with Crippen molar-refractivity contribution < 1.29 is 9.59 Å². The lowest BCUT2D eigenvalue weighted by molar-refractivity contribution is -0.121. The van der Waals surface area contributed by atoms with Gasteiger partial charge in [0.1, 0.15) is 0 Å². The van der Waals surface area contributed by atoms with Crippen LogP contribution in [0.5, 0.6) is 0 Å². The first-order valence-corrected chi connectivity index (χ1v) is 5.95. The van der Waals surface area contributed by atoms with Gasteiger partial charge in [0.15, 0.2) is 5.11 Å². The van der Waals surface area contributed by atoms with Crippen LogP contribution in [0.3, 0.4) is 0 Å². The van der Waals surface area contributed by atoms with Crippen LogP contribution in [0.1, 0.15) is 18.9 Å². The number of rotatable bonds is 3. The van der Waals surface area contributed by atoms with Crippen LogP contribution >= 0.6 is 12.2 Å². The quantitative estimate of drug-likeness (QED) is 0.555. The molecule has 0 aromatic heterocycles. The van der Waals surface area contributed by atoms with Crippen molar-refractivity contribution in [1.82, 2.24) is 16.2 Å². The van der Waals surface area contributed by atoms with Crippen molar-refractivity contribution in [3.8, 4) is 0 Å². The van der Waals surface area contributed by atoms with Crippen LogP contribution in [0.15, 0.2) is 30.3 Å². The summed E-state index contributed by atoms with van der Waals surface area (Å²) in [4.78, 5) is 22.5. The molecule has 1 aromatic carbocycles. The molecular weight excluding hydrogens is 250 g/mol. The number of nitrogens with one attached hydrogen (secondary N) is 3. The third-order valence-electron chi connectivity index (χ3n) is 2.10. The molecule has 96 valence electrons. The van der Waals surface area contributed by atoms with E-state index in [0.29, 0.717) is 6.42 Å². The van der Waals surface area contributed by atoms with Gasteiger partial charge in [-0.05, 0) is 17.8 Å². The highest BCUT2D eigenvalue weighted by atomic mass is 32.1. The lowest BCUT2D eigenvalue weighted by atomic mass is 10.1. The smallest absolute Gasteiger partial charge is 0.242 e. The number of carbonyl (C=O) groups excluding carboxylic acids is 2. The molecule has 0 spiro atoms. The van der Waals surface area contributed by atoms with Gasteiger partial charge < -0.3 is 5.32 Å². The SMILES string of the molecule is CCC(=O)NC(=S)NNC(=O)Cc1ccccc1. The van der Waals surface area contributed by atoms with Crippen molar-refractivity contribution in [2.45, 2.75) is 19.8 Å². The van der Waals surface area contributed by atoms with Gasteiger partial charge in [0.2, 0.25) is 11.8 Å². The maximum Gasteiger partial charge on any atom is 0.242 e. The van der Waals surface area contributed by atoms with Crippen LogP contribution in [0.25, 0.3) is 0 Å². The topological polar surface area (TPSA) is 70.2 Å². The Kier molecular flexibility index (Phi) is 5.79. The summed E-state index contributed by atoms with van der Waals surface area (Å²) in [6.45, 7) is 1.71. The predicted molar refractivity (Wildman–Crippen MR) is 72.5 cm³/mol. The monoisotopic (exact) mass is 265 g/mol. The Labute approximate surface area is 111 Å². The van der Waals surface area contributed by atoms with E-state index in [1.165, 1.54) is 0 Å². The molecule has 0 heterocycles. The Hall–Kier alpha value is -1.95. The second kappa shape index (κ2) is 7.39. The summed E-state index contributed by atoms with van der Waals surface area (Å²) >= 11 is 4.82. The van der Waals surface area contributed by atoms with Crippen molar-refractivity contribution in [3.05, 3.63) is 35.9 Å². The molecule has 0 aliphatic rings. The molecule has 1 rings (SSSR count). The van der Waals surface area contributed by atoms with Crippen LogP contribution in [0.2, 0.25) is 0 Å². The highest BCUT2D eigenvalue weighted by Gasteiger charge is 2.04. The van der Waals surface area contributed by atoms with E-state index in [4.69, 9.17) is 12.2 Å². The maximum atomic E-state index is 11.5. The highest BCUT2D eigenvalue weighted by Crippen LogP contribution is 1.98. The Bertz CT molecular complexity index is 434. The molecule has 0 aliphatic carbocycles. The van der Waals surface area contributed by atoms with E-state index >= 15 is 0 Å². The van der Waals surface area contributed by atoms with Crippen LogP contribution in [-0.4, -0.2) is 16.9 Å². The van der Waals surface area contributed by atoms with Gasteiger partial charge in [-0.15, -0.1) is 0 Å². The van der Waals surface area contributed by atoms with Crippen LogP contribution in [0, 0.1) is 0 Å². The molecule has 0 saturated heterocycles. The first-order valence-electron chi connectivity index (χ1n) is 5.54. The van der Waals surface area contributed by atoms with Gasteiger partial charge in [0.25, 0.3) is 0 Å². The molecule has 18 heavy (non-hydrogen) atoms. The minimum atomic E-state index is -0.228. The predicted octanol–water partition coefficient (Wildman–Crippen LogP) is 0.661. The first-order chi connectivity index (χ1) is 8.61. The average molecular weight is 265 g/mol. The second-order valence-electron chi connectivity index (χ2n) is 3.57. The molecule has 0 saturated carbocycles. The van der Waals surface area contributed by atoms with Crippen molar-refractivity contribution in [2.75, 3.05) is 0 Å². The normalized spacial score (nSPS) is 9.39. The number of hydrogen-bond acceptors (Lipinski definition) is 3. The zero-order valence-corrected chi connectivity index (χ0v) is 10.8. The number of hydrazine groups is 1. The van der Waals surface area contributed by atoms with Gasteiger partial charge >= 0.3 is 0 Å². The molecule has 0 radical (unpaired) electrons. The molecule has 3 N–H and O–H groups in total. The molecule has 0 aliphatic heterocycles. The third kappa shape index (κ3) is 5.40. The number of amides is 2. The summed E-state index contributed by atoms with van der Waals surface area (Å²) in [5, 5.41) is 2.50. The average Bonchev–Trinajstić information content (AvgIpc) is 2.37. The van der Waals surface area contributed by atoms with Crippen molar-refractivity contribution >= 4 is 29.1 Å². The minimum Gasteiger partial charge on any atom is -0.302 e. The number of hydrogen-bond donors (Lipinski definition) is 3. The molecule has 6 heteroatoms. The molecule has 2 amide bonds. The number of thiocarbonyl (C=S) groups is 1. The van der Waals surface area contributed by atoms with Crippen molar-refractivity contribution in [3.63, 3.8) is 0 Å². The summed E-state index contributed by atoms with van der Waals surface area (Å²) in [7, 11) is 0. The largest absolute Gasteiger partial charge is 0.302 e. The first kappa shape index (κ1) is 14.1. The fraction of sp³-hybridized carbons (Fsp3) is 0.250. The lowest BCUT2D eigenvalue weighted by Crippen LogP contribution is -2.48. The third-order valence-corrected chi connectivity index (χ3v) is 2.30. The summed E-state index contributed by atoms with van der Waals surface area (Å²) in [5.74, 6) is -0.431. The number of benzene rings is 1.